The van der Waals surface area contributed by atoms with Crippen LogP contribution in [0.3, 0.4) is 0 Å². The summed E-state index contributed by atoms with van der Waals surface area (Å²) in [4.78, 5) is 40.2. The predicted octanol–water partition coefficient (Wildman–Crippen LogP) is 4.47. The highest BCUT2D eigenvalue weighted by Gasteiger charge is 2.38. The molecule has 12 heteroatoms. The summed E-state index contributed by atoms with van der Waals surface area (Å²) in [6, 6.07) is 6.67. The van der Waals surface area contributed by atoms with Gasteiger partial charge in [0.05, 0.1) is 28.4 Å². The summed E-state index contributed by atoms with van der Waals surface area (Å²) in [5.41, 5.74) is 1.32. The van der Waals surface area contributed by atoms with Gasteiger partial charge in [-0.1, -0.05) is 36.5 Å². The highest BCUT2D eigenvalue weighted by atomic mass is 35.5. The number of sulfonamides is 1. The van der Waals surface area contributed by atoms with E-state index in [4.69, 9.17) is 27.9 Å². The number of hydrogen-bond acceptors (Lipinski definition) is 7. The number of anilines is 2. The van der Waals surface area contributed by atoms with Gasteiger partial charge in [0.2, 0.25) is 5.78 Å². The molecule has 2 aromatic carbocycles. The van der Waals surface area contributed by atoms with E-state index in [0.717, 1.165) is 10.7 Å². The van der Waals surface area contributed by atoms with Gasteiger partial charge in [-0.3, -0.25) is 18.7 Å². The minimum Gasteiger partial charge on any atom is -0.464 e. The van der Waals surface area contributed by atoms with E-state index in [2.05, 4.69) is 0 Å². The van der Waals surface area contributed by atoms with Crippen LogP contribution in [0, 0.1) is 0 Å². The number of fused-ring (bicyclic) bond motifs is 1. The Morgan fingerprint density at radius 3 is 2.27 bits per heavy atom. The van der Waals surface area contributed by atoms with Crippen LogP contribution in [0.5, 0.6) is 0 Å². The molecule has 1 aliphatic carbocycles. The number of carbonyl (C=O) groups is 3. The Morgan fingerprint density at radius 1 is 1.03 bits per heavy atom. The predicted molar refractivity (Wildman–Crippen MR) is 143 cm³/mol. The van der Waals surface area contributed by atoms with Crippen molar-refractivity contribution in [2.24, 2.45) is 7.05 Å². The van der Waals surface area contributed by atoms with Crippen LogP contribution in [-0.4, -0.2) is 57.8 Å². The Morgan fingerprint density at radius 2 is 1.68 bits per heavy atom. The van der Waals surface area contributed by atoms with Gasteiger partial charge in [-0.2, -0.15) is 0 Å². The molecular formula is C25H25Cl2N3O6S. The molecule has 0 amide bonds. The number of ketones is 2. The van der Waals surface area contributed by atoms with Gasteiger partial charge in [-0.25, -0.2) is 8.42 Å². The topological polar surface area (TPSA) is 106 Å². The summed E-state index contributed by atoms with van der Waals surface area (Å²) in [7, 11) is 0.731. The summed E-state index contributed by atoms with van der Waals surface area (Å²) in [5.74, 6) is -2.22. The standard InChI is InChI=1S/C25H25Cl2N3O6S/c1-5-6-7-36-20(31)13-30(37(34,35)17-9-14(26)8-15(27)10-17)16-11-18-21-19(12-16)29(4)23(22(21)28(2)3)25(33)24(18)32/h8-12H,5-7,13H2,1-4H3. The maximum absolute atomic E-state index is 13.8. The molecule has 0 atom stereocenters. The van der Waals surface area contributed by atoms with Gasteiger partial charge in [0, 0.05) is 42.1 Å². The average Bonchev–Trinajstić information content (AvgIpc) is 3.11. The minimum absolute atomic E-state index is 0.0199. The van der Waals surface area contributed by atoms with E-state index in [1.165, 1.54) is 30.3 Å². The van der Waals surface area contributed by atoms with Crippen LogP contribution >= 0.6 is 23.2 Å². The van der Waals surface area contributed by atoms with Crippen LogP contribution in [-0.2, 0) is 26.6 Å². The first kappa shape index (κ1) is 27.0. The molecule has 1 aromatic heterocycles. The van der Waals surface area contributed by atoms with E-state index < -0.39 is 34.1 Å². The lowest BCUT2D eigenvalue weighted by molar-refractivity contribution is -0.141. The fourth-order valence-corrected chi connectivity index (χ4v) is 6.50. The number of ether oxygens (including phenoxy) is 1. The van der Waals surface area contributed by atoms with E-state index in [-0.39, 0.29) is 38.5 Å². The Balaban J connectivity index is 1.93. The molecular weight excluding hydrogens is 541 g/mol. The molecule has 4 rings (SSSR count). The molecule has 0 radical (unpaired) electrons. The van der Waals surface area contributed by atoms with Gasteiger partial charge in [-0.15, -0.1) is 0 Å². The summed E-state index contributed by atoms with van der Waals surface area (Å²) >= 11 is 12.1. The van der Waals surface area contributed by atoms with E-state index in [1.807, 2.05) is 6.92 Å². The Kier molecular flexibility index (Phi) is 7.29. The maximum Gasteiger partial charge on any atom is 0.326 e. The summed E-state index contributed by atoms with van der Waals surface area (Å²) in [6.45, 7) is 1.40. The highest BCUT2D eigenvalue weighted by molar-refractivity contribution is 7.92. The van der Waals surface area contributed by atoms with Gasteiger partial charge in [0.1, 0.15) is 12.2 Å². The average molecular weight is 566 g/mol. The summed E-state index contributed by atoms with van der Waals surface area (Å²) in [6.07, 6.45) is 1.41. The number of carbonyl (C=O) groups excluding carboxylic acids is 3. The molecule has 0 N–H and O–H groups in total. The molecule has 1 heterocycles. The first-order chi connectivity index (χ1) is 17.4. The van der Waals surface area contributed by atoms with Gasteiger partial charge >= 0.3 is 5.97 Å². The molecule has 0 fully saturated rings. The van der Waals surface area contributed by atoms with Crippen molar-refractivity contribution in [3.63, 3.8) is 0 Å². The van der Waals surface area contributed by atoms with Crippen molar-refractivity contribution in [1.82, 2.24) is 4.57 Å². The zero-order valence-corrected chi connectivity index (χ0v) is 23.0. The quantitative estimate of drug-likeness (QED) is 0.214. The van der Waals surface area contributed by atoms with Crippen molar-refractivity contribution in [2.75, 3.05) is 36.5 Å². The Labute approximate surface area is 224 Å². The molecule has 9 nitrogen and oxygen atoms in total. The van der Waals surface area contributed by atoms with Crippen LogP contribution in [0.4, 0.5) is 11.4 Å². The second-order valence-corrected chi connectivity index (χ2v) is 11.6. The van der Waals surface area contributed by atoms with Gasteiger partial charge < -0.3 is 14.2 Å². The second-order valence-electron chi connectivity index (χ2n) is 8.89. The molecule has 0 saturated carbocycles. The number of halogens is 2. The molecule has 3 aromatic rings. The zero-order valence-electron chi connectivity index (χ0n) is 20.7. The van der Waals surface area contributed by atoms with E-state index >= 15 is 0 Å². The number of esters is 1. The van der Waals surface area contributed by atoms with E-state index in [1.54, 1.807) is 30.6 Å². The number of benzene rings is 2. The fourth-order valence-electron chi connectivity index (χ4n) is 4.38. The van der Waals surface area contributed by atoms with Crippen LogP contribution in [0.25, 0.3) is 10.9 Å². The molecule has 2 bridgehead atoms. The zero-order chi connectivity index (χ0) is 27.2. The lowest BCUT2D eigenvalue weighted by atomic mass is 9.94. The monoisotopic (exact) mass is 565 g/mol. The van der Waals surface area contributed by atoms with Crippen LogP contribution < -0.4 is 9.21 Å². The molecule has 1 aliphatic rings. The number of aromatic nitrogens is 1. The summed E-state index contributed by atoms with van der Waals surface area (Å²) < 4.78 is 35.3. The largest absolute Gasteiger partial charge is 0.464 e. The molecule has 0 unspecified atom stereocenters. The van der Waals surface area contributed by atoms with Gasteiger partial charge in [0.15, 0.2) is 0 Å². The van der Waals surface area contributed by atoms with Gasteiger partial charge in [0.25, 0.3) is 15.8 Å². The number of aryl methyl sites for hydroxylation is 1. The molecule has 196 valence electrons. The van der Waals surface area contributed by atoms with Crippen molar-refractivity contribution >= 4 is 73.0 Å². The molecule has 0 spiro atoms. The van der Waals surface area contributed by atoms with Gasteiger partial charge in [-0.05, 0) is 36.8 Å². The number of Topliss-reactive ketones (excluding diaryl/α,β-unsaturated/α-hetero) is 2. The number of nitrogens with zero attached hydrogens (tertiary/aromatic N) is 3. The van der Waals surface area contributed by atoms with E-state index in [0.29, 0.717) is 23.0 Å². The highest BCUT2D eigenvalue weighted by Crippen LogP contribution is 2.42. The first-order valence-electron chi connectivity index (χ1n) is 11.5. The van der Waals surface area contributed by atoms with Crippen LogP contribution in [0.2, 0.25) is 10.0 Å². The normalized spacial score (nSPS) is 12.9. The van der Waals surface area contributed by atoms with Crippen molar-refractivity contribution in [3.05, 3.63) is 51.6 Å². The van der Waals surface area contributed by atoms with Crippen molar-refractivity contribution in [2.45, 2.75) is 24.7 Å². The number of hydrogen-bond donors (Lipinski definition) is 0. The third kappa shape index (κ3) is 4.69. The molecule has 37 heavy (non-hydrogen) atoms. The fraction of sp³-hybridized carbons (Fsp3) is 0.320. The maximum atomic E-state index is 13.8. The van der Waals surface area contributed by atoms with Crippen LogP contribution in [0.1, 0.15) is 40.6 Å². The Hall–Kier alpha value is -3.08. The van der Waals surface area contributed by atoms with Crippen molar-refractivity contribution < 1.29 is 27.5 Å². The second kappa shape index (κ2) is 10.00. The Bertz CT molecular complexity index is 1540. The number of rotatable bonds is 9. The third-order valence-electron chi connectivity index (χ3n) is 6.12. The molecule has 0 aliphatic heterocycles. The molecule has 0 saturated heterocycles. The minimum atomic E-state index is -4.41. The number of unbranched alkanes of at least 4 members (excludes halogenated alkanes) is 1. The third-order valence-corrected chi connectivity index (χ3v) is 8.31. The first-order valence-corrected chi connectivity index (χ1v) is 13.6. The van der Waals surface area contributed by atoms with Crippen LogP contribution in [0.15, 0.2) is 35.2 Å². The SMILES string of the molecule is CCCCOC(=O)CN(c1cc2c3c(N(C)C)c(n(C)c3c1)C(=O)C2=O)S(=O)(=O)c1cc(Cl)cc(Cl)c1. The van der Waals surface area contributed by atoms with E-state index in [9.17, 15) is 22.8 Å². The van der Waals surface area contributed by atoms with Crippen molar-refractivity contribution in [3.8, 4) is 0 Å². The summed E-state index contributed by atoms with van der Waals surface area (Å²) in [5, 5.41) is 0.715. The lowest BCUT2D eigenvalue weighted by Crippen LogP contribution is -2.37. The smallest absolute Gasteiger partial charge is 0.326 e. The lowest BCUT2D eigenvalue weighted by Gasteiger charge is -2.25. The van der Waals surface area contributed by atoms with Crippen molar-refractivity contribution in [1.29, 1.82) is 0 Å².